The minimum atomic E-state index is -0.534. The topological polar surface area (TPSA) is 76.1 Å². The van der Waals surface area contributed by atoms with Crippen LogP contribution in [0.25, 0.3) is 5.57 Å². The van der Waals surface area contributed by atoms with Gasteiger partial charge in [0.25, 0.3) is 5.91 Å². The van der Waals surface area contributed by atoms with Crippen molar-refractivity contribution < 1.29 is 24.2 Å². The number of thioether (sulfide) groups is 1. The number of hydrogen-bond donors (Lipinski definition) is 1. The lowest BCUT2D eigenvalue weighted by Crippen LogP contribution is -2.29. The molecule has 174 valence electrons. The van der Waals surface area contributed by atoms with Crippen LogP contribution in [-0.2, 0) is 16.1 Å². The minimum Gasteiger partial charge on any atom is -0.503 e. The van der Waals surface area contributed by atoms with Crippen molar-refractivity contribution in [1.82, 2.24) is 4.90 Å². The number of aliphatic hydroxyl groups is 1. The summed E-state index contributed by atoms with van der Waals surface area (Å²) in [7, 11) is 2.92. The van der Waals surface area contributed by atoms with E-state index in [0.717, 1.165) is 16.0 Å². The van der Waals surface area contributed by atoms with Crippen LogP contribution in [0.15, 0.2) is 83.5 Å². The van der Waals surface area contributed by atoms with Crippen molar-refractivity contribution in [3.8, 4) is 5.75 Å². The molecule has 0 aromatic heterocycles. The Bertz CT molecular complexity index is 1220. The summed E-state index contributed by atoms with van der Waals surface area (Å²) in [5, 5.41) is 11.0. The first-order valence-electron chi connectivity index (χ1n) is 10.7. The Morgan fingerprint density at radius 1 is 0.971 bits per heavy atom. The molecule has 34 heavy (non-hydrogen) atoms. The Balaban J connectivity index is 1.76. The molecule has 0 aliphatic carbocycles. The molecule has 7 heteroatoms. The fraction of sp³-hybridized carbons (Fsp3) is 0.185. The lowest BCUT2D eigenvalue weighted by molar-refractivity contribution is -0.130. The Labute approximate surface area is 202 Å². The van der Waals surface area contributed by atoms with Crippen molar-refractivity contribution in [3.05, 3.63) is 101 Å². The van der Waals surface area contributed by atoms with Gasteiger partial charge in [-0.3, -0.25) is 4.79 Å². The zero-order valence-corrected chi connectivity index (χ0v) is 20.0. The molecule has 1 atom stereocenters. The van der Waals surface area contributed by atoms with Gasteiger partial charge in [0.15, 0.2) is 5.76 Å². The predicted molar refractivity (Wildman–Crippen MR) is 132 cm³/mol. The van der Waals surface area contributed by atoms with E-state index in [1.165, 1.54) is 7.11 Å². The number of methoxy groups -OCH3 is 2. The van der Waals surface area contributed by atoms with E-state index >= 15 is 0 Å². The van der Waals surface area contributed by atoms with Gasteiger partial charge in [0.2, 0.25) is 0 Å². The van der Waals surface area contributed by atoms with Crippen LogP contribution in [0.4, 0.5) is 0 Å². The molecular formula is C27H25NO5S. The summed E-state index contributed by atoms with van der Waals surface area (Å²) in [4.78, 5) is 27.9. The van der Waals surface area contributed by atoms with Gasteiger partial charge in [-0.05, 0) is 59.3 Å². The number of benzene rings is 3. The highest BCUT2D eigenvalue weighted by Crippen LogP contribution is 2.44. The molecule has 1 aliphatic heterocycles. The molecule has 0 spiro atoms. The number of carbonyl (C=O) groups is 2. The molecule has 6 nitrogen and oxygen atoms in total. The van der Waals surface area contributed by atoms with Gasteiger partial charge in [0, 0.05) is 17.0 Å². The molecule has 0 saturated heterocycles. The molecule has 1 aliphatic rings. The fourth-order valence-electron chi connectivity index (χ4n) is 4.08. The molecule has 0 bridgehead atoms. The van der Waals surface area contributed by atoms with Crippen LogP contribution in [0.3, 0.4) is 0 Å². The number of hydrogen-bond acceptors (Lipinski definition) is 6. The average molecular weight is 476 g/mol. The van der Waals surface area contributed by atoms with E-state index in [-0.39, 0.29) is 5.76 Å². The molecule has 1 amide bonds. The van der Waals surface area contributed by atoms with Gasteiger partial charge in [-0.15, -0.1) is 11.8 Å². The number of carbonyl (C=O) groups excluding carboxylic acids is 2. The summed E-state index contributed by atoms with van der Waals surface area (Å²) in [6, 6.07) is 21.6. The number of nitrogens with zero attached hydrogens (tertiary/aromatic N) is 1. The molecule has 0 saturated carbocycles. The van der Waals surface area contributed by atoms with Crippen LogP contribution in [-0.4, -0.2) is 42.4 Å². The van der Waals surface area contributed by atoms with Gasteiger partial charge in [0.05, 0.1) is 25.8 Å². The quantitative estimate of drug-likeness (QED) is 0.371. The molecule has 0 fully saturated rings. The third-order valence-electron chi connectivity index (χ3n) is 5.86. The fourth-order valence-corrected chi connectivity index (χ4v) is 4.48. The zero-order valence-electron chi connectivity index (χ0n) is 19.1. The van der Waals surface area contributed by atoms with E-state index in [4.69, 9.17) is 9.47 Å². The van der Waals surface area contributed by atoms with Crippen molar-refractivity contribution in [2.45, 2.75) is 17.5 Å². The highest BCUT2D eigenvalue weighted by atomic mass is 32.2. The summed E-state index contributed by atoms with van der Waals surface area (Å²) in [5.41, 5.74) is 3.37. The second-order valence-corrected chi connectivity index (χ2v) is 8.67. The maximum absolute atomic E-state index is 13.3. The van der Waals surface area contributed by atoms with E-state index in [2.05, 4.69) is 0 Å². The van der Waals surface area contributed by atoms with Crippen molar-refractivity contribution >= 4 is 29.2 Å². The van der Waals surface area contributed by atoms with Crippen LogP contribution >= 0.6 is 11.8 Å². The monoisotopic (exact) mass is 475 g/mol. The Morgan fingerprint density at radius 2 is 1.62 bits per heavy atom. The summed E-state index contributed by atoms with van der Waals surface area (Å²) in [6.45, 7) is 0.320. The summed E-state index contributed by atoms with van der Waals surface area (Å²) < 4.78 is 10.1. The number of aliphatic hydroxyl groups excluding tert-OH is 1. The van der Waals surface area contributed by atoms with Crippen molar-refractivity contribution in [1.29, 1.82) is 0 Å². The van der Waals surface area contributed by atoms with Gasteiger partial charge in [0.1, 0.15) is 5.75 Å². The third kappa shape index (κ3) is 4.52. The number of rotatable bonds is 7. The number of ether oxygens (including phenoxy) is 2. The second-order valence-electron chi connectivity index (χ2n) is 7.79. The van der Waals surface area contributed by atoms with Crippen LogP contribution in [0, 0.1) is 0 Å². The third-order valence-corrected chi connectivity index (χ3v) is 6.61. The summed E-state index contributed by atoms with van der Waals surface area (Å²) >= 11 is 1.65. The van der Waals surface area contributed by atoms with Crippen LogP contribution in [0.2, 0.25) is 0 Å². The van der Waals surface area contributed by atoms with Crippen molar-refractivity contribution in [2.24, 2.45) is 0 Å². The van der Waals surface area contributed by atoms with Gasteiger partial charge < -0.3 is 19.5 Å². The molecular weight excluding hydrogens is 450 g/mol. The maximum Gasteiger partial charge on any atom is 0.337 e. The number of esters is 1. The predicted octanol–water partition coefficient (Wildman–Crippen LogP) is 5.26. The minimum absolute atomic E-state index is 0.284. The zero-order chi connectivity index (χ0) is 24.2. The van der Waals surface area contributed by atoms with E-state index in [9.17, 15) is 14.7 Å². The molecule has 4 rings (SSSR count). The summed E-state index contributed by atoms with van der Waals surface area (Å²) in [6.07, 6.45) is 2.01. The van der Waals surface area contributed by atoms with Gasteiger partial charge >= 0.3 is 5.97 Å². The first-order valence-corrected chi connectivity index (χ1v) is 11.9. The van der Waals surface area contributed by atoms with Gasteiger partial charge in [-0.25, -0.2) is 4.79 Å². The largest absolute Gasteiger partial charge is 0.503 e. The lowest BCUT2D eigenvalue weighted by atomic mass is 9.92. The SMILES string of the molecule is COC(=O)c1ccc([C@@H]2C(c3ccc(OC)cc3)=C(O)C(=O)N2Cc2ccc(SC)cc2)cc1. The Kier molecular flexibility index (Phi) is 6.93. The van der Waals surface area contributed by atoms with Crippen molar-refractivity contribution in [2.75, 3.05) is 20.5 Å². The van der Waals surface area contributed by atoms with Gasteiger partial charge in [-0.1, -0.05) is 36.4 Å². The van der Waals surface area contributed by atoms with Crippen LogP contribution in [0.5, 0.6) is 5.75 Å². The number of amides is 1. The van der Waals surface area contributed by atoms with Crippen molar-refractivity contribution in [3.63, 3.8) is 0 Å². The van der Waals surface area contributed by atoms with E-state index in [1.807, 2.05) is 42.7 Å². The van der Waals surface area contributed by atoms with E-state index in [1.54, 1.807) is 60.2 Å². The molecule has 1 N–H and O–H groups in total. The Hall–Kier alpha value is -3.71. The molecule has 3 aromatic carbocycles. The van der Waals surface area contributed by atoms with E-state index in [0.29, 0.717) is 29.0 Å². The highest BCUT2D eigenvalue weighted by molar-refractivity contribution is 7.98. The molecule has 0 radical (unpaired) electrons. The first-order chi connectivity index (χ1) is 16.5. The van der Waals surface area contributed by atoms with Gasteiger partial charge in [-0.2, -0.15) is 0 Å². The smallest absolute Gasteiger partial charge is 0.337 e. The van der Waals surface area contributed by atoms with Crippen LogP contribution < -0.4 is 4.74 Å². The highest BCUT2D eigenvalue weighted by Gasteiger charge is 2.41. The standard InChI is InChI=1S/C27H25NO5S/c1-32-21-12-10-18(11-13-21)23-24(19-6-8-20(9-7-19)27(31)33-2)28(26(30)25(23)29)16-17-4-14-22(34-3)15-5-17/h4-15,24,29H,16H2,1-3H3/t24-/m1/s1. The average Bonchev–Trinajstić information content (AvgIpc) is 3.13. The lowest BCUT2D eigenvalue weighted by Gasteiger charge is -2.28. The first kappa shape index (κ1) is 23.4. The Morgan fingerprint density at radius 3 is 2.18 bits per heavy atom. The van der Waals surface area contributed by atoms with Crippen LogP contribution in [0.1, 0.15) is 33.1 Å². The molecule has 3 aromatic rings. The summed E-state index contributed by atoms with van der Waals surface area (Å²) in [5.74, 6) is -0.485. The molecule has 1 heterocycles. The second kappa shape index (κ2) is 10.1. The normalized spacial score (nSPS) is 15.6. The van der Waals surface area contributed by atoms with E-state index < -0.39 is 17.9 Å². The molecule has 0 unspecified atom stereocenters. The maximum atomic E-state index is 13.3.